The minimum Gasteiger partial charge on any atom is -0.369 e. The molecule has 0 bridgehead atoms. The number of alkyl halides is 3. The highest BCUT2D eigenvalue weighted by Gasteiger charge is 2.36. The summed E-state index contributed by atoms with van der Waals surface area (Å²) in [7, 11) is 0. The van der Waals surface area contributed by atoms with Gasteiger partial charge in [0.2, 0.25) is 5.91 Å². The topological polar surface area (TPSA) is 46.3 Å². The number of rotatable bonds is 3. The van der Waals surface area contributed by atoms with E-state index in [-0.39, 0.29) is 18.2 Å². The van der Waals surface area contributed by atoms with Gasteiger partial charge in [0, 0.05) is 18.3 Å². The number of hydrogen-bond donors (Lipinski definition) is 1. The lowest BCUT2D eigenvalue weighted by molar-refractivity contribution is -0.138. The van der Waals surface area contributed by atoms with Crippen LogP contribution in [0.15, 0.2) is 48.5 Å². The number of amides is 1. The van der Waals surface area contributed by atoms with Crippen molar-refractivity contribution < 1.29 is 18.0 Å². The molecule has 0 fully saturated rings. The molecule has 0 radical (unpaired) electrons. The Morgan fingerprint density at radius 3 is 2.48 bits per heavy atom. The zero-order chi connectivity index (χ0) is 18.2. The molecule has 0 saturated carbocycles. The molecular formula is C19H19F3N2O. The van der Waals surface area contributed by atoms with Crippen molar-refractivity contribution in [2.24, 2.45) is 5.73 Å². The van der Waals surface area contributed by atoms with Crippen molar-refractivity contribution in [3.8, 4) is 0 Å². The molecule has 0 unspecified atom stereocenters. The maximum Gasteiger partial charge on any atom is 0.416 e. The normalized spacial score (nSPS) is 20.2. The van der Waals surface area contributed by atoms with Crippen LogP contribution in [0.2, 0.25) is 0 Å². The molecule has 3 rings (SSSR count). The Labute approximate surface area is 144 Å². The van der Waals surface area contributed by atoms with Crippen LogP contribution in [0.25, 0.3) is 0 Å². The van der Waals surface area contributed by atoms with Crippen molar-refractivity contribution >= 4 is 11.6 Å². The molecule has 1 aliphatic heterocycles. The van der Waals surface area contributed by atoms with Crippen LogP contribution >= 0.6 is 0 Å². The summed E-state index contributed by atoms with van der Waals surface area (Å²) in [5.74, 6) is -0.824. The molecule has 1 heterocycles. The summed E-state index contributed by atoms with van der Waals surface area (Å²) >= 11 is 0. The van der Waals surface area contributed by atoms with Crippen LogP contribution < -0.4 is 10.6 Å². The zero-order valence-electron chi connectivity index (χ0n) is 13.8. The van der Waals surface area contributed by atoms with Gasteiger partial charge in [0.1, 0.15) is 0 Å². The second kappa shape index (κ2) is 6.43. The van der Waals surface area contributed by atoms with Gasteiger partial charge in [0.25, 0.3) is 0 Å². The number of anilines is 1. The summed E-state index contributed by atoms with van der Waals surface area (Å²) in [6.07, 6.45) is -3.91. The molecule has 25 heavy (non-hydrogen) atoms. The number of carbonyl (C=O) groups excluding carboxylic acids is 1. The summed E-state index contributed by atoms with van der Waals surface area (Å²) in [6.45, 7) is 2.03. The molecule has 2 atom stereocenters. The van der Waals surface area contributed by atoms with Gasteiger partial charge in [-0.15, -0.1) is 0 Å². The maximum absolute atomic E-state index is 13.3. The molecule has 0 aromatic heterocycles. The molecule has 3 nitrogen and oxygen atoms in total. The minimum absolute atomic E-state index is 0.103. The number of halogens is 3. The van der Waals surface area contributed by atoms with Gasteiger partial charge < -0.3 is 10.6 Å². The summed E-state index contributed by atoms with van der Waals surface area (Å²) < 4.78 is 39.9. The van der Waals surface area contributed by atoms with Crippen LogP contribution in [0.3, 0.4) is 0 Å². The van der Waals surface area contributed by atoms with Crippen molar-refractivity contribution in [3.63, 3.8) is 0 Å². The van der Waals surface area contributed by atoms with E-state index in [0.717, 1.165) is 17.3 Å². The fourth-order valence-corrected chi connectivity index (χ4v) is 3.51. The first-order chi connectivity index (χ1) is 11.8. The first-order valence-electron chi connectivity index (χ1n) is 8.09. The van der Waals surface area contributed by atoms with Crippen LogP contribution in [0.4, 0.5) is 18.9 Å². The third kappa shape index (κ3) is 3.34. The van der Waals surface area contributed by atoms with E-state index in [9.17, 15) is 18.0 Å². The predicted molar refractivity (Wildman–Crippen MR) is 90.1 cm³/mol. The Morgan fingerprint density at radius 2 is 1.80 bits per heavy atom. The molecule has 2 aromatic rings. The predicted octanol–water partition coefficient (Wildman–Crippen LogP) is 4.07. The number of nitrogens with zero attached hydrogens (tertiary/aromatic N) is 1. The number of hydrogen-bond acceptors (Lipinski definition) is 2. The van der Waals surface area contributed by atoms with Crippen LogP contribution in [0.5, 0.6) is 0 Å². The van der Waals surface area contributed by atoms with Gasteiger partial charge >= 0.3 is 6.18 Å². The Hall–Kier alpha value is -2.50. The number of carbonyl (C=O) groups is 1. The number of primary amides is 1. The standard InChI is InChI=1S/C19H19F3N2O/c1-12-10-15(18(23)25)14-7-3-5-9-17(14)24(12)11-13-6-2-4-8-16(13)19(20,21)22/h2-9,12,15H,10-11H2,1H3,(H2,23,25)/t12-,15-/m0/s1. The van der Waals surface area contributed by atoms with Crippen LogP contribution in [-0.2, 0) is 17.5 Å². The number of benzene rings is 2. The first kappa shape index (κ1) is 17.3. The summed E-state index contributed by atoms with van der Waals surface area (Å²) in [5.41, 5.74) is 6.65. The van der Waals surface area contributed by atoms with Gasteiger partial charge in [0.05, 0.1) is 11.5 Å². The van der Waals surface area contributed by atoms with E-state index < -0.39 is 23.6 Å². The highest BCUT2D eigenvalue weighted by atomic mass is 19.4. The lowest BCUT2D eigenvalue weighted by Gasteiger charge is -2.40. The van der Waals surface area contributed by atoms with E-state index in [1.807, 2.05) is 36.1 Å². The van der Waals surface area contributed by atoms with Crippen LogP contribution in [0.1, 0.15) is 36.0 Å². The molecule has 0 spiro atoms. The average molecular weight is 348 g/mol. The van der Waals surface area contributed by atoms with E-state index in [2.05, 4.69) is 0 Å². The molecule has 6 heteroatoms. The SMILES string of the molecule is C[C@H]1C[C@H](C(N)=O)c2ccccc2N1Cc1ccccc1C(F)(F)F. The van der Waals surface area contributed by atoms with E-state index in [0.29, 0.717) is 6.42 Å². The van der Waals surface area contributed by atoms with Crippen molar-refractivity contribution in [3.05, 3.63) is 65.2 Å². The molecule has 1 aliphatic rings. The van der Waals surface area contributed by atoms with E-state index in [1.165, 1.54) is 12.1 Å². The smallest absolute Gasteiger partial charge is 0.369 e. The highest BCUT2D eigenvalue weighted by Crippen LogP contribution is 2.40. The van der Waals surface area contributed by atoms with Crippen molar-refractivity contribution in [2.75, 3.05) is 4.90 Å². The molecule has 2 aromatic carbocycles. The second-order valence-electron chi connectivity index (χ2n) is 6.38. The second-order valence-corrected chi connectivity index (χ2v) is 6.38. The quantitative estimate of drug-likeness (QED) is 0.909. The summed E-state index contributed by atoms with van der Waals surface area (Å²) in [6, 6.07) is 12.8. The lowest BCUT2D eigenvalue weighted by Crippen LogP contribution is -2.41. The fourth-order valence-electron chi connectivity index (χ4n) is 3.51. The molecular weight excluding hydrogens is 329 g/mol. The third-order valence-corrected chi connectivity index (χ3v) is 4.74. The van der Waals surface area contributed by atoms with Crippen LogP contribution in [-0.4, -0.2) is 11.9 Å². The molecule has 2 N–H and O–H groups in total. The Balaban J connectivity index is 2.01. The van der Waals surface area contributed by atoms with Crippen molar-refractivity contribution in [2.45, 2.75) is 38.0 Å². The zero-order valence-corrected chi connectivity index (χ0v) is 13.8. The molecule has 132 valence electrons. The molecule has 0 saturated heterocycles. The van der Waals surface area contributed by atoms with Gasteiger partial charge in [-0.25, -0.2) is 0 Å². The maximum atomic E-state index is 13.3. The van der Waals surface area contributed by atoms with Crippen LogP contribution in [0, 0.1) is 0 Å². The van der Waals surface area contributed by atoms with Gasteiger partial charge in [-0.2, -0.15) is 13.2 Å². The number of nitrogens with two attached hydrogens (primary N) is 1. The highest BCUT2D eigenvalue weighted by molar-refractivity contribution is 5.85. The minimum atomic E-state index is -4.40. The Bertz CT molecular complexity index is 788. The first-order valence-corrected chi connectivity index (χ1v) is 8.09. The van der Waals surface area contributed by atoms with Gasteiger partial charge in [-0.05, 0) is 36.6 Å². The number of para-hydroxylation sites is 1. The summed E-state index contributed by atoms with van der Waals surface area (Å²) in [5, 5.41) is 0. The Kier molecular flexibility index (Phi) is 4.45. The monoisotopic (exact) mass is 348 g/mol. The Morgan fingerprint density at radius 1 is 1.16 bits per heavy atom. The van der Waals surface area contributed by atoms with Crippen molar-refractivity contribution in [1.29, 1.82) is 0 Å². The molecule has 0 aliphatic carbocycles. The van der Waals surface area contributed by atoms with Crippen molar-refractivity contribution in [1.82, 2.24) is 0 Å². The van der Waals surface area contributed by atoms with Gasteiger partial charge in [0.15, 0.2) is 0 Å². The third-order valence-electron chi connectivity index (χ3n) is 4.74. The van der Waals surface area contributed by atoms with E-state index in [4.69, 9.17) is 5.73 Å². The summed E-state index contributed by atoms with van der Waals surface area (Å²) in [4.78, 5) is 13.7. The fraction of sp³-hybridized carbons (Fsp3) is 0.316. The van der Waals surface area contributed by atoms with E-state index >= 15 is 0 Å². The number of fused-ring (bicyclic) bond motifs is 1. The largest absolute Gasteiger partial charge is 0.416 e. The molecule has 1 amide bonds. The lowest BCUT2D eigenvalue weighted by atomic mass is 9.85. The van der Waals surface area contributed by atoms with E-state index in [1.54, 1.807) is 6.07 Å². The van der Waals surface area contributed by atoms with Gasteiger partial charge in [-0.1, -0.05) is 36.4 Å². The average Bonchev–Trinajstić information content (AvgIpc) is 2.56. The van der Waals surface area contributed by atoms with Gasteiger partial charge in [-0.3, -0.25) is 4.79 Å².